The lowest BCUT2D eigenvalue weighted by atomic mass is 10.0. The Morgan fingerprint density at radius 2 is 1.85 bits per heavy atom. The first-order valence-corrected chi connectivity index (χ1v) is 8.96. The Hall–Kier alpha value is -2.16. The number of piperazine rings is 2. The van der Waals surface area contributed by atoms with Crippen LogP contribution in [-0.2, 0) is 0 Å². The Labute approximate surface area is 153 Å². The smallest absolute Gasteiger partial charge is 0.251 e. The number of nitrogen functional groups attached to an aromatic ring is 1. The van der Waals surface area contributed by atoms with E-state index in [0.717, 1.165) is 57.9 Å². The second kappa shape index (κ2) is 8.48. The Kier molecular flexibility index (Phi) is 6.08. The van der Waals surface area contributed by atoms with Crippen LogP contribution in [0, 0.1) is 0 Å². The summed E-state index contributed by atoms with van der Waals surface area (Å²) in [4.78, 5) is 21.9. The molecule has 2 aliphatic heterocycles. The maximum atomic E-state index is 12.1. The van der Waals surface area contributed by atoms with Crippen LogP contribution in [0.3, 0.4) is 0 Å². The van der Waals surface area contributed by atoms with E-state index in [1.54, 1.807) is 12.1 Å². The molecule has 0 saturated carbocycles. The van der Waals surface area contributed by atoms with Gasteiger partial charge in [0.1, 0.15) is 0 Å². The molecule has 140 valence electrons. The lowest BCUT2D eigenvalue weighted by Gasteiger charge is -2.45. The molecule has 1 unspecified atom stereocenters. The van der Waals surface area contributed by atoms with Crippen LogP contribution in [0.5, 0.6) is 0 Å². The number of nitrogens with two attached hydrogens (primary N) is 1. The molecule has 2 aliphatic rings. The van der Waals surface area contributed by atoms with Crippen LogP contribution < -0.4 is 11.1 Å². The van der Waals surface area contributed by atoms with Gasteiger partial charge in [0.05, 0.1) is 6.17 Å². The fraction of sp³-hybridized carbons (Fsp3) is 0.588. The van der Waals surface area contributed by atoms with Crippen molar-refractivity contribution in [3.05, 3.63) is 39.8 Å². The molecule has 1 atom stereocenters. The zero-order chi connectivity index (χ0) is 18.5. The highest BCUT2D eigenvalue weighted by atomic mass is 16.1. The van der Waals surface area contributed by atoms with Crippen LogP contribution in [0.25, 0.3) is 10.4 Å². The molecule has 0 radical (unpaired) electrons. The minimum Gasteiger partial charge on any atom is -0.398 e. The van der Waals surface area contributed by atoms with Crippen molar-refractivity contribution in [2.45, 2.75) is 6.17 Å². The van der Waals surface area contributed by atoms with E-state index < -0.39 is 5.91 Å². The Morgan fingerprint density at radius 3 is 2.50 bits per heavy atom. The van der Waals surface area contributed by atoms with Gasteiger partial charge < -0.3 is 16.0 Å². The van der Waals surface area contributed by atoms with E-state index >= 15 is 0 Å². The normalized spacial score (nSPS) is 21.1. The minimum absolute atomic E-state index is 0.0871. The molecule has 1 aromatic rings. The molecule has 0 aromatic heterocycles. The molecule has 3 N–H and O–H groups in total. The van der Waals surface area contributed by atoms with Crippen molar-refractivity contribution < 1.29 is 4.79 Å². The summed E-state index contributed by atoms with van der Waals surface area (Å²) in [6.45, 7) is 7.75. The van der Waals surface area contributed by atoms with E-state index in [4.69, 9.17) is 11.3 Å². The van der Waals surface area contributed by atoms with Gasteiger partial charge in [-0.2, -0.15) is 0 Å². The third-order valence-electron chi connectivity index (χ3n) is 5.12. The first-order valence-electron chi connectivity index (χ1n) is 8.96. The number of nitrogens with one attached hydrogen (secondary N) is 1. The topological polar surface area (TPSA) is 114 Å². The van der Waals surface area contributed by atoms with Crippen LogP contribution in [0.4, 0.5) is 5.69 Å². The van der Waals surface area contributed by atoms with Gasteiger partial charge in [-0.25, -0.2) is 0 Å². The Morgan fingerprint density at radius 1 is 1.19 bits per heavy atom. The van der Waals surface area contributed by atoms with Crippen molar-refractivity contribution in [1.82, 2.24) is 20.0 Å². The minimum atomic E-state index is -0.635. The number of likely N-dealkylation sites (N-methyl/N-ethyl adjacent to an activating group) is 1. The van der Waals surface area contributed by atoms with E-state index in [1.165, 1.54) is 0 Å². The molecule has 9 nitrogen and oxygen atoms in total. The van der Waals surface area contributed by atoms with Gasteiger partial charge >= 0.3 is 0 Å². The zero-order valence-corrected chi connectivity index (χ0v) is 15.1. The highest BCUT2D eigenvalue weighted by Gasteiger charge is 2.30. The molecule has 2 saturated heterocycles. The number of hydrogen-bond acceptors (Lipinski definition) is 6. The molecule has 9 heteroatoms. The summed E-state index contributed by atoms with van der Waals surface area (Å²) in [5.41, 5.74) is 16.1. The number of hydrogen-bond donors (Lipinski definition) is 2. The summed E-state index contributed by atoms with van der Waals surface area (Å²) in [5.74, 6) is -0.635. The van der Waals surface area contributed by atoms with Crippen molar-refractivity contribution >= 4 is 11.6 Å². The lowest BCUT2D eigenvalue weighted by molar-refractivity contribution is 0.00467. The molecule has 2 fully saturated rings. The second-order valence-corrected chi connectivity index (χ2v) is 6.84. The molecule has 3 rings (SSSR count). The number of carbonyl (C=O) groups is 1. The molecule has 1 amide bonds. The van der Waals surface area contributed by atoms with E-state index in [9.17, 15) is 4.79 Å². The molecular weight excluding hydrogens is 332 g/mol. The number of azide groups is 1. The summed E-state index contributed by atoms with van der Waals surface area (Å²) < 4.78 is 0. The average Bonchev–Trinajstić information content (AvgIpc) is 2.66. The summed E-state index contributed by atoms with van der Waals surface area (Å²) in [6.07, 6.45) is 0.0871. The van der Waals surface area contributed by atoms with Gasteiger partial charge in [0.25, 0.3) is 5.91 Å². The van der Waals surface area contributed by atoms with Crippen LogP contribution in [-0.4, -0.2) is 80.0 Å². The van der Waals surface area contributed by atoms with Crippen molar-refractivity contribution in [2.75, 3.05) is 65.1 Å². The molecular formula is C17H26N8O. The lowest BCUT2D eigenvalue weighted by Crippen LogP contribution is -2.54. The molecule has 1 aromatic carbocycles. The van der Waals surface area contributed by atoms with Crippen molar-refractivity contribution in [3.8, 4) is 0 Å². The highest BCUT2D eigenvalue weighted by molar-refractivity contribution is 5.99. The number of carbonyl (C=O) groups excluding carboxylic acids is 1. The van der Waals surface area contributed by atoms with Gasteiger partial charge in [0.2, 0.25) is 0 Å². The Balaban J connectivity index is 1.94. The molecule has 26 heavy (non-hydrogen) atoms. The van der Waals surface area contributed by atoms with Crippen molar-refractivity contribution in [3.63, 3.8) is 0 Å². The Bertz CT molecular complexity index is 688. The van der Waals surface area contributed by atoms with Crippen LogP contribution >= 0.6 is 0 Å². The SMILES string of the molecule is CN1CCN(C(c2ccc(N)c(C(=O)N=[N+]=[N-])c2)N2CCNCC2)CC1. The third kappa shape index (κ3) is 4.14. The zero-order valence-electron chi connectivity index (χ0n) is 15.1. The maximum absolute atomic E-state index is 12.1. The molecule has 0 aliphatic carbocycles. The van der Waals surface area contributed by atoms with Gasteiger partial charge in [0, 0.05) is 68.5 Å². The van der Waals surface area contributed by atoms with Crippen molar-refractivity contribution in [2.24, 2.45) is 5.11 Å². The van der Waals surface area contributed by atoms with Gasteiger partial charge in [-0.3, -0.25) is 14.6 Å². The molecule has 0 spiro atoms. The van der Waals surface area contributed by atoms with E-state index in [-0.39, 0.29) is 11.7 Å². The highest BCUT2D eigenvalue weighted by Crippen LogP contribution is 2.29. The fourth-order valence-electron chi connectivity index (χ4n) is 3.66. The number of rotatable bonds is 4. The predicted octanol–water partition coefficient (Wildman–Crippen LogP) is 0.871. The number of nitrogens with zero attached hydrogens (tertiary/aromatic N) is 6. The van der Waals surface area contributed by atoms with Crippen molar-refractivity contribution in [1.29, 1.82) is 0 Å². The van der Waals surface area contributed by atoms with Gasteiger partial charge in [0.15, 0.2) is 0 Å². The van der Waals surface area contributed by atoms with E-state index in [0.29, 0.717) is 5.69 Å². The van der Waals surface area contributed by atoms with Crippen LogP contribution in [0.2, 0.25) is 0 Å². The first kappa shape index (κ1) is 18.6. The fourth-order valence-corrected chi connectivity index (χ4v) is 3.66. The van der Waals surface area contributed by atoms with E-state index in [2.05, 4.69) is 37.1 Å². The summed E-state index contributed by atoms with van der Waals surface area (Å²) in [5, 5.41) is 6.60. The average molecular weight is 358 g/mol. The quantitative estimate of drug-likeness (QED) is 0.357. The molecule has 2 heterocycles. The number of amides is 1. The monoisotopic (exact) mass is 358 g/mol. The summed E-state index contributed by atoms with van der Waals surface area (Å²) >= 11 is 0. The largest absolute Gasteiger partial charge is 0.398 e. The maximum Gasteiger partial charge on any atom is 0.251 e. The first-order chi connectivity index (χ1) is 12.6. The number of anilines is 1. The number of benzene rings is 1. The van der Waals surface area contributed by atoms with Crippen LogP contribution in [0.1, 0.15) is 22.1 Å². The van der Waals surface area contributed by atoms with Gasteiger partial charge in [-0.15, -0.1) is 0 Å². The van der Waals surface area contributed by atoms with Gasteiger partial charge in [-0.1, -0.05) is 6.07 Å². The third-order valence-corrected chi connectivity index (χ3v) is 5.12. The van der Waals surface area contributed by atoms with Crippen LogP contribution in [0.15, 0.2) is 23.3 Å². The molecule has 0 bridgehead atoms. The predicted molar refractivity (Wildman–Crippen MR) is 101 cm³/mol. The van der Waals surface area contributed by atoms with Gasteiger partial charge in [-0.05, 0) is 35.4 Å². The summed E-state index contributed by atoms with van der Waals surface area (Å²) in [6, 6.07) is 5.51. The second-order valence-electron chi connectivity index (χ2n) is 6.84. The standard InChI is InChI=1S/C17H26N8O/c1-23-8-10-25(11-9-23)17(24-6-4-20-5-7-24)13-2-3-15(18)14(12-13)16(26)21-22-19/h2-3,12,17,20H,4-11,18H2,1H3. The van der Waals surface area contributed by atoms with E-state index in [1.807, 2.05) is 6.07 Å². The summed E-state index contributed by atoms with van der Waals surface area (Å²) in [7, 11) is 2.14.